The van der Waals surface area contributed by atoms with Crippen molar-refractivity contribution in [2.75, 3.05) is 6.61 Å². The molecular formula is C31H34Br2N2O3. The first-order valence-corrected chi connectivity index (χ1v) is 14.7. The van der Waals surface area contributed by atoms with Crippen molar-refractivity contribution in [1.82, 2.24) is 10.2 Å². The second-order valence-corrected chi connectivity index (χ2v) is 11.7. The average Bonchev–Trinajstić information content (AvgIpc) is 2.92. The Kier molecular flexibility index (Phi) is 10.4. The average molecular weight is 642 g/mol. The van der Waals surface area contributed by atoms with Crippen LogP contribution in [0.1, 0.15) is 48.8 Å². The number of hydrogen-bond acceptors (Lipinski definition) is 3. The van der Waals surface area contributed by atoms with E-state index in [9.17, 15) is 9.59 Å². The van der Waals surface area contributed by atoms with Crippen LogP contribution in [0, 0.1) is 6.92 Å². The maximum atomic E-state index is 13.8. The fraction of sp³-hybridized carbons (Fsp3) is 0.355. The highest BCUT2D eigenvalue weighted by Crippen LogP contribution is 2.23. The van der Waals surface area contributed by atoms with Crippen LogP contribution in [-0.2, 0) is 22.6 Å². The van der Waals surface area contributed by atoms with Gasteiger partial charge < -0.3 is 15.0 Å². The zero-order chi connectivity index (χ0) is 26.9. The molecule has 0 spiro atoms. The number of halogens is 2. The van der Waals surface area contributed by atoms with Gasteiger partial charge in [-0.1, -0.05) is 93.6 Å². The van der Waals surface area contributed by atoms with Crippen LogP contribution in [-0.4, -0.2) is 35.4 Å². The highest BCUT2D eigenvalue weighted by Gasteiger charge is 2.32. The SMILES string of the molecule is Cc1cc(OCC(=O)N(Cc2cccc(Br)c2)C(Cc2ccccc2)C(=O)NC2CCCCC2)ccc1Br. The Hall–Kier alpha value is -2.64. The molecule has 0 aliphatic heterocycles. The summed E-state index contributed by atoms with van der Waals surface area (Å²) in [6.45, 7) is 2.12. The number of carbonyl (C=O) groups is 2. The summed E-state index contributed by atoms with van der Waals surface area (Å²) in [5.74, 6) is 0.279. The lowest BCUT2D eigenvalue weighted by atomic mass is 9.94. The summed E-state index contributed by atoms with van der Waals surface area (Å²) in [5.41, 5.74) is 2.97. The van der Waals surface area contributed by atoms with E-state index in [2.05, 4.69) is 37.2 Å². The van der Waals surface area contributed by atoms with Crippen molar-refractivity contribution in [3.63, 3.8) is 0 Å². The van der Waals surface area contributed by atoms with Crippen LogP contribution in [0.2, 0.25) is 0 Å². The van der Waals surface area contributed by atoms with E-state index < -0.39 is 6.04 Å². The van der Waals surface area contributed by atoms with Crippen molar-refractivity contribution in [3.05, 3.63) is 98.4 Å². The highest BCUT2D eigenvalue weighted by atomic mass is 79.9. The Morgan fingerprint density at radius 3 is 2.39 bits per heavy atom. The van der Waals surface area contributed by atoms with Gasteiger partial charge in [-0.15, -0.1) is 0 Å². The molecule has 200 valence electrons. The van der Waals surface area contributed by atoms with Crippen LogP contribution >= 0.6 is 31.9 Å². The standard InChI is InChI=1S/C31H34Br2N2O3/c1-22-17-27(15-16-28(22)33)38-21-30(36)35(20-24-11-8-12-25(32)18-24)29(19-23-9-4-2-5-10-23)31(37)34-26-13-6-3-7-14-26/h2,4-5,8-12,15-18,26,29H,3,6-7,13-14,19-21H2,1H3,(H,34,37). The number of benzene rings is 3. The summed E-state index contributed by atoms with van der Waals surface area (Å²) in [6.07, 6.45) is 5.84. The largest absolute Gasteiger partial charge is 0.484 e. The van der Waals surface area contributed by atoms with Gasteiger partial charge in [-0.2, -0.15) is 0 Å². The third-order valence-electron chi connectivity index (χ3n) is 6.96. The molecule has 1 unspecified atom stereocenters. The van der Waals surface area contributed by atoms with Gasteiger partial charge in [0, 0.05) is 28.0 Å². The molecule has 1 saturated carbocycles. The molecule has 0 radical (unpaired) electrons. The van der Waals surface area contributed by atoms with E-state index in [-0.39, 0.29) is 24.5 Å². The number of ether oxygens (including phenoxy) is 1. The van der Waals surface area contributed by atoms with Crippen molar-refractivity contribution in [3.8, 4) is 5.75 Å². The number of aryl methyl sites for hydroxylation is 1. The lowest BCUT2D eigenvalue weighted by molar-refractivity contribution is -0.143. The second kappa shape index (κ2) is 13.9. The topological polar surface area (TPSA) is 58.6 Å². The van der Waals surface area contributed by atoms with Crippen molar-refractivity contribution < 1.29 is 14.3 Å². The minimum absolute atomic E-state index is 0.108. The summed E-state index contributed by atoms with van der Waals surface area (Å²) in [7, 11) is 0. The van der Waals surface area contributed by atoms with Crippen LogP contribution < -0.4 is 10.1 Å². The quantitative estimate of drug-likeness (QED) is 0.260. The lowest BCUT2D eigenvalue weighted by Crippen LogP contribution is -2.53. The smallest absolute Gasteiger partial charge is 0.261 e. The van der Waals surface area contributed by atoms with Crippen molar-refractivity contribution in [2.24, 2.45) is 0 Å². The monoisotopic (exact) mass is 640 g/mol. The third kappa shape index (κ3) is 8.18. The first kappa shape index (κ1) is 28.4. The molecule has 1 N–H and O–H groups in total. The van der Waals surface area contributed by atoms with E-state index in [1.54, 1.807) is 4.90 Å². The van der Waals surface area contributed by atoms with Crippen molar-refractivity contribution in [2.45, 2.75) is 64.1 Å². The molecule has 5 nitrogen and oxygen atoms in total. The zero-order valence-electron chi connectivity index (χ0n) is 21.7. The van der Waals surface area contributed by atoms with Crippen LogP contribution in [0.3, 0.4) is 0 Å². The summed E-state index contributed by atoms with van der Waals surface area (Å²) < 4.78 is 7.83. The Balaban J connectivity index is 1.61. The molecule has 1 aliphatic rings. The normalized spacial score (nSPS) is 14.5. The predicted octanol–water partition coefficient (Wildman–Crippen LogP) is 6.99. The Morgan fingerprint density at radius 2 is 1.68 bits per heavy atom. The van der Waals surface area contributed by atoms with Gasteiger partial charge in [0.15, 0.2) is 6.61 Å². The minimum atomic E-state index is -0.666. The number of amides is 2. The first-order chi connectivity index (χ1) is 18.4. The summed E-state index contributed by atoms with van der Waals surface area (Å²) >= 11 is 7.04. The third-order valence-corrected chi connectivity index (χ3v) is 8.34. The molecule has 38 heavy (non-hydrogen) atoms. The maximum Gasteiger partial charge on any atom is 0.261 e. The number of hydrogen-bond donors (Lipinski definition) is 1. The fourth-order valence-corrected chi connectivity index (χ4v) is 5.56. The lowest BCUT2D eigenvalue weighted by Gasteiger charge is -2.33. The van der Waals surface area contributed by atoms with Crippen molar-refractivity contribution >= 4 is 43.7 Å². The van der Waals surface area contributed by atoms with Gasteiger partial charge in [0.1, 0.15) is 11.8 Å². The first-order valence-electron chi connectivity index (χ1n) is 13.2. The molecule has 0 heterocycles. The number of rotatable bonds is 10. The highest BCUT2D eigenvalue weighted by molar-refractivity contribution is 9.10. The molecule has 1 fully saturated rings. The second-order valence-electron chi connectivity index (χ2n) is 9.90. The maximum absolute atomic E-state index is 13.8. The van der Waals surface area contributed by atoms with Crippen LogP contribution in [0.15, 0.2) is 81.7 Å². The van der Waals surface area contributed by atoms with E-state index >= 15 is 0 Å². The fourth-order valence-electron chi connectivity index (χ4n) is 4.87. The van der Waals surface area contributed by atoms with E-state index in [1.807, 2.05) is 79.7 Å². The summed E-state index contributed by atoms with van der Waals surface area (Å²) in [4.78, 5) is 29.3. The molecule has 1 atom stereocenters. The minimum Gasteiger partial charge on any atom is -0.484 e. The predicted molar refractivity (Wildman–Crippen MR) is 158 cm³/mol. The van der Waals surface area contributed by atoms with Gasteiger partial charge in [-0.25, -0.2) is 0 Å². The van der Waals surface area contributed by atoms with Crippen LogP contribution in [0.4, 0.5) is 0 Å². The van der Waals surface area contributed by atoms with Gasteiger partial charge in [-0.05, 0) is 66.8 Å². The van der Waals surface area contributed by atoms with Gasteiger partial charge in [0.2, 0.25) is 5.91 Å². The van der Waals surface area contributed by atoms with E-state index in [0.717, 1.165) is 51.3 Å². The van der Waals surface area contributed by atoms with E-state index in [4.69, 9.17) is 4.74 Å². The van der Waals surface area contributed by atoms with Gasteiger partial charge in [0.05, 0.1) is 0 Å². The Bertz CT molecular complexity index is 1230. The molecule has 0 saturated heterocycles. The molecular weight excluding hydrogens is 608 g/mol. The molecule has 0 bridgehead atoms. The summed E-state index contributed by atoms with van der Waals surface area (Å²) in [6, 6.07) is 22.9. The molecule has 7 heteroatoms. The molecule has 4 rings (SSSR count). The van der Waals surface area contributed by atoms with Gasteiger partial charge >= 0.3 is 0 Å². The number of carbonyl (C=O) groups excluding carboxylic acids is 2. The van der Waals surface area contributed by atoms with E-state index in [0.29, 0.717) is 18.7 Å². The Morgan fingerprint density at radius 1 is 0.947 bits per heavy atom. The zero-order valence-corrected chi connectivity index (χ0v) is 24.8. The van der Waals surface area contributed by atoms with Gasteiger partial charge in [0.25, 0.3) is 5.91 Å². The summed E-state index contributed by atoms with van der Waals surface area (Å²) in [5, 5.41) is 3.27. The molecule has 3 aromatic rings. The molecule has 1 aliphatic carbocycles. The van der Waals surface area contributed by atoms with Crippen molar-refractivity contribution in [1.29, 1.82) is 0 Å². The Labute approximate surface area is 242 Å². The van der Waals surface area contributed by atoms with Crippen LogP contribution in [0.5, 0.6) is 5.75 Å². The van der Waals surface area contributed by atoms with Gasteiger partial charge in [-0.3, -0.25) is 9.59 Å². The van der Waals surface area contributed by atoms with Crippen LogP contribution in [0.25, 0.3) is 0 Å². The molecule has 3 aromatic carbocycles. The molecule has 0 aromatic heterocycles. The number of nitrogens with zero attached hydrogens (tertiary/aromatic N) is 1. The number of nitrogens with one attached hydrogen (secondary N) is 1. The van der Waals surface area contributed by atoms with E-state index in [1.165, 1.54) is 6.42 Å². The molecule has 2 amide bonds.